The summed E-state index contributed by atoms with van der Waals surface area (Å²) < 4.78 is 0. The quantitative estimate of drug-likeness (QED) is 0.889. The van der Waals surface area contributed by atoms with Crippen LogP contribution in [0, 0.1) is 0 Å². The van der Waals surface area contributed by atoms with Gasteiger partial charge in [-0.05, 0) is 38.3 Å². The van der Waals surface area contributed by atoms with Crippen LogP contribution in [0.4, 0.5) is 5.82 Å². The molecule has 0 spiro atoms. The molecule has 1 atom stereocenters. The normalized spacial score (nSPS) is 19.0. The molecule has 1 amide bonds. The molecule has 1 aliphatic heterocycles. The Hall–Kier alpha value is -1.58. The number of pyridine rings is 1. The Morgan fingerprint density at radius 1 is 1.61 bits per heavy atom. The van der Waals surface area contributed by atoms with Crippen LogP contribution in [0.3, 0.4) is 0 Å². The van der Waals surface area contributed by atoms with Gasteiger partial charge in [-0.3, -0.25) is 4.79 Å². The van der Waals surface area contributed by atoms with Gasteiger partial charge in [0.2, 0.25) is 0 Å². The highest BCUT2D eigenvalue weighted by molar-refractivity contribution is 5.95. The number of anilines is 1. The number of hydrogen-bond acceptors (Lipinski definition) is 3. The zero-order valence-corrected chi connectivity index (χ0v) is 11.1. The summed E-state index contributed by atoms with van der Waals surface area (Å²) in [5.74, 6) is 0.913. The van der Waals surface area contributed by atoms with Gasteiger partial charge < -0.3 is 10.2 Å². The number of nitrogens with zero attached hydrogens (tertiary/aromatic N) is 2. The van der Waals surface area contributed by atoms with E-state index in [1.165, 1.54) is 0 Å². The topological polar surface area (TPSA) is 45.2 Å². The summed E-state index contributed by atoms with van der Waals surface area (Å²) in [7, 11) is 0. The third-order valence-corrected chi connectivity index (χ3v) is 3.38. The van der Waals surface area contributed by atoms with Gasteiger partial charge in [-0.2, -0.15) is 0 Å². The summed E-state index contributed by atoms with van der Waals surface area (Å²) in [6, 6.07) is 4.01. The zero-order valence-electron chi connectivity index (χ0n) is 11.1. The number of carbonyl (C=O) groups excluding carboxylic acids is 1. The maximum atomic E-state index is 12.4. The second kappa shape index (κ2) is 5.85. The first-order valence-electron chi connectivity index (χ1n) is 6.73. The van der Waals surface area contributed by atoms with E-state index < -0.39 is 0 Å². The average Bonchev–Trinajstić information content (AvgIpc) is 2.82. The molecule has 1 unspecified atom stereocenters. The molecule has 18 heavy (non-hydrogen) atoms. The molecule has 0 aliphatic carbocycles. The van der Waals surface area contributed by atoms with E-state index in [1.807, 2.05) is 11.0 Å². The SMILES string of the molecule is CCCNc1cc(C(=O)N2CCCC2C)ccn1. The Labute approximate surface area is 108 Å². The molecular formula is C14H21N3O. The average molecular weight is 247 g/mol. The van der Waals surface area contributed by atoms with Crippen LogP contribution in [0.25, 0.3) is 0 Å². The van der Waals surface area contributed by atoms with Crippen molar-refractivity contribution >= 4 is 11.7 Å². The third-order valence-electron chi connectivity index (χ3n) is 3.38. The van der Waals surface area contributed by atoms with Crippen molar-refractivity contribution in [2.75, 3.05) is 18.4 Å². The van der Waals surface area contributed by atoms with Gasteiger partial charge in [0.1, 0.15) is 5.82 Å². The lowest BCUT2D eigenvalue weighted by atomic mass is 10.2. The van der Waals surface area contributed by atoms with Crippen molar-refractivity contribution in [2.45, 2.75) is 39.2 Å². The molecular weight excluding hydrogens is 226 g/mol. The fourth-order valence-electron chi connectivity index (χ4n) is 2.31. The van der Waals surface area contributed by atoms with Gasteiger partial charge in [0.25, 0.3) is 5.91 Å². The lowest BCUT2D eigenvalue weighted by Crippen LogP contribution is -2.33. The number of likely N-dealkylation sites (tertiary alicyclic amines) is 1. The number of aromatic nitrogens is 1. The van der Waals surface area contributed by atoms with Crippen LogP contribution in [0.1, 0.15) is 43.5 Å². The fraction of sp³-hybridized carbons (Fsp3) is 0.571. The van der Waals surface area contributed by atoms with Gasteiger partial charge in [0.15, 0.2) is 0 Å². The van der Waals surface area contributed by atoms with E-state index in [0.29, 0.717) is 6.04 Å². The van der Waals surface area contributed by atoms with E-state index in [-0.39, 0.29) is 5.91 Å². The number of amides is 1. The maximum Gasteiger partial charge on any atom is 0.254 e. The van der Waals surface area contributed by atoms with E-state index in [2.05, 4.69) is 24.1 Å². The smallest absolute Gasteiger partial charge is 0.254 e. The van der Waals surface area contributed by atoms with Crippen molar-refractivity contribution in [1.82, 2.24) is 9.88 Å². The summed E-state index contributed by atoms with van der Waals surface area (Å²) in [4.78, 5) is 18.5. The van der Waals surface area contributed by atoms with Crippen molar-refractivity contribution in [3.8, 4) is 0 Å². The third kappa shape index (κ3) is 2.81. The van der Waals surface area contributed by atoms with Gasteiger partial charge in [-0.15, -0.1) is 0 Å². The Morgan fingerprint density at radius 2 is 2.44 bits per heavy atom. The van der Waals surface area contributed by atoms with Crippen molar-refractivity contribution in [2.24, 2.45) is 0 Å². The number of carbonyl (C=O) groups is 1. The molecule has 0 aromatic carbocycles. The van der Waals surface area contributed by atoms with Crippen molar-refractivity contribution in [1.29, 1.82) is 0 Å². The predicted octanol–water partition coefficient (Wildman–Crippen LogP) is 2.53. The standard InChI is InChI=1S/C14H21N3O/c1-3-7-15-13-10-12(6-8-16-13)14(18)17-9-4-5-11(17)2/h6,8,10-11H,3-5,7,9H2,1-2H3,(H,15,16). The van der Waals surface area contributed by atoms with Crippen LogP contribution in [-0.4, -0.2) is 34.9 Å². The molecule has 2 rings (SSSR count). The summed E-state index contributed by atoms with van der Waals surface area (Å²) in [6.07, 6.45) is 4.96. The van der Waals surface area contributed by atoms with E-state index in [0.717, 1.165) is 43.7 Å². The first kappa shape index (κ1) is 12.9. The first-order valence-corrected chi connectivity index (χ1v) is 6.73. The molecule has 0 saturated carbocycles. The second-order valence-corrected chi connectivity index (χ2v) is 4.85. The minimum Gasteiger partial charge on any atom is -0.370 e. The van der Waals surface area contributed by atoms with E-state index >= 15 is 0 Å². The van der Waals surface area contributed by atoms with Gasteiger partial charge in [0.05, 0.1) is 0 Å². The summed E-state index contributed by atoms with van der Waals surface area (Å²) in [5.41, 5.74) is 0.734. The van der Waals surface area contributed by atoms with Crippen molar-refractivity contribution in [3.63, 3.8) is 0 Å². The molecule has 1 saturated heterocycles. The van der Waals surface area contributed by atoms with E-state index in [4.69, 9.17) is 0 Å². The molecule has 1 fully saturated rings. The minimum atomic E-state index is 0.127. The van der Waals surface area contributed by atoms with Crippen LogP contribution < -0.4 is 5.32 Å². The van der Waals surface area contributed by atoms with Crippen molar-refractivity contribution in [3.05, 3.63) is 23.9 Å². The molecule has 1 aromatic rings. The summed E-state index contributed by atoms with van der Waals surface area (Å²) in [5, 5.41) is 3.21. The molecule has 1 N–H and O–H groups in total. The van der Waals surface area contributed by atoms with Crippen LogP contribution in [0.2, 0.25) is 0 Å². The Morgan fingerprint density at radius 3 is 3.11 bits per heavy atom. The lowest BCUT2D eigenvalue weighted by molar-refractivity contribution is 0.0747. The van der Waals surface area contributed by atoms with Gasteiger partial charge in [-0.25, -0.2) is 4.98 Å². The Kier molecular flexibility index (Phi) is 4.18. The van der Waals surface area contributed by atoms with Crippen LogP contribution in [-0.2, 0) is 0 Å². The molecule has 0 bridgehead atoms. The zero-order chi connectivity index (χ0) is 13.0. The molecule has 98 valence electrons. The van der Waals surface area contributed by atoms with Gasteiger partial charge >= 0.3 is 0 Å². The molecule has 2 heterocycles. The Bertz CT molecular complexity index is 419. The van der Waals surface area contributed by atoms with Crippen LogP contribution in [0.5, 0.6) is 0 Å². The molecule has 1 aromatic heterocycles. The largest absolute Gasteiger partial charge is 0.370 e. The highest BCUT2D eigenvalue weighted by Crippen LogP contribution is 2.20. The van der Waals surface area contributed by atoms with Crippen molar-refractivity contribution < 1.29 is 4.79 Å². The van der Waals surface area contributed by atoms with Gasteiger partial charge in [0, 0.05) is 30.9 Å². The monoisotopic (exact) mass is 247 g/mol. The molecule has 1 aliphatic rings. The first-order chi connectivity index (χ1) is 8.72. The molecule has 4 heteroatoms. The van der Waals surface area contributed by atoms with Crippen LogP contribution >= 0.6 is 0 Å². The number of hydrogen-bond donors (Lipinski definition) is 1. The Balaban J connectivity index is 2.10. The summed E-state index contributed by atoms with van der Waals surface area (Å²) >= 11 is 0. The van der Waals surface area contributed by atoms with E-state index in [9.17, 15) is 4.79 Å². The maximum absolute atomic E-state index is 12.4. The highest BCUT2D eigenvalue weighted by Gasteiger charge is 2.25. The van der Waals surface area contributed by atoms with Gasteiger partial charge in [-0.1, -0.05) is 6.92 Å². The minimum absolute atomic E-state index is 0.127. The fourth-order valence-corrected chi connectivity index (χ4v) is 2.31. The van der Waals surface area contributed by atoms with E-state index in [1.54, 1.807) is 12.3 Å². The second-order valence-electron chi connectivity index (χ2n) is 4.85. The number of rotatable bonds is 4. The number of nitrogens with one attached hydrogen (secondary N) is 1. The lowest BCUT2D eigenvalue weighted by Gasteiger charge is -2.21. The highest BCUT2D eigenvalue weighted by atomic mass is 16.2. The molecule has 0 radical (unpaired) electrons. The predicted molar refractivity (Wildman–Crippen MR) is 72.8 cm³/mol. The van der Waals surface area contributed by atoms with Crippen LogP contribution in [0.15, 0.2) is 18.3 Å². The summed E-state index contributed by atoms with van der Waals surface area (Å²) in [6.45, 7) is 5.97. The molecule has 4 nitrogen and oxygen atoms in total.